The lowest BCUT2D eigenvalue weighted by Crippen LogP contribution is -2.24. The van der Waals surface area contributed by atoms with Gasteiger partial charge in [0, 0.05) is 5.33 Å². The Morgan fingerprint density at radius 2 is 1.94 bits per heavy atom. The number of alkyl halides is 1. The standard InChI is InChI=1S/C13H17BrO2/c1-13(2,3)16-12(15)11-7-5-4-6-10(11)8-9-14/h4-7H,8-9H2,1-3H3. The molecule has 88 valence electrons. The van der Waals surface area contributed by atoms with Crippen LogP contribution in [0.2, 0.25) is 0 Å². The van der Waals surface area contributed by atoms with Crippen LogP contribution in [0.1, 0.15) is 36.7 Å². The summed E-state index contributed by atoms with van der Waals surface area (Å²) in [5.74, 6) is -0.246. The highest BCUT2D eigenvalue weighted by Gasteiger charge is 2.19. The first kappa shape index (κ1) is 13.2. The number of halogens is 1. The molecule has 0 N–H and O–H groups in total. The largest absolute Gasteiger partial charge is 0.456 e. The van der Waals surface area contributed by atoms with Crippen molar-refractivity contribution in [1.82, 2.24) is 0 Å². The van der Waals surface area contributed by atoms with Crippen LogP contribution in [0.5, 0.6) is 0 Å². The molecule has 0 aliphatic rings. The van der Waals surface area contributed by atoms with Crippen LogP contribution in [0.4, 0.5) is 0 Å². The van der Waals surface area contributed by atoms with Gasteiger partial charge < -0.3 is 4.74 Å². The molecular weight excluding hydrogens is 268 g/mol. The minimum Gasteiger partial charge on any atom is -0.456 e. The quantitative estimate of drug-likeness (QED) is 0.626. The van der Waals surface area contributed by atoms with E-state index in [1.54, 1.807) is 0 Å². The Morgan fingerprint density at radius 1 is 1.31 bits per heavy atom. The molecule has 16 heavy (non-hydrogen) atoms. The Kier molecular flexibility index (Phi) is 4.54. The van der Waals surface area contributed by atoms with Crippen LogP contribution >= 0.6 is 15.9 Å². The number of esters is 1. The van der Waals surface area contributed by atoms with Crippen LogP contribution in [0.15, 0.2) is 24.3 Å². The molecule has 0 saturated carbocycles. The maximum absolute atomic E-state index is 11.9. The van der Waals surface area contributed by atoms with E-state index in [2.05, 4.69) is 15.9 Å². The van der Waals surface area contributed by atoms with Gasteiger partial charge >= 0.3 is 5.97 Å². The van der Waals surface area contributed by atoms with E-state index in [1.807, 2.05) is 45.0 Å². The van der Waals surface area contributed by atoms with Crippen molar-refractivity contribution in [1.29, 1.82) is 0 Å². The first-order valence-electron chi connectivity index (χ1n) is 5.31. The van der Waals surface area contributed by atoms with Crippen LogP contribution < -0.4 is 0 Å². The molecule has 0 spiro atoms. The van der Waals surface area contributed by atoms with E-state index in [4.69, 9.17) is 4.74 Å². The number of carbonyl (C=O) groups is 1. The van der Waals surface area contributed by atoms with Gasteiger partial charge in [0.2, 0.25) is 0 Å². The highest BCUT2D eigenvalue weighted by molar-refractivity contribution is 9.09. The van der Waals surface area contributed by atoms with E-state index in [9.17, 15) is 4.79 Å². The van der Waals surface area contributed by atoms with Crippen LogP contribution in [0, 0.1) is 0 Å². The van der Waals surface area contributed by atoms with Gasteiger partial charge in [-0.1, -0.05) is 34.1 Å². The lowest BCUT2D eigenvalue weighted by atomic mass is 10.1. The number of rotatable bonds is 3. The molecule has 0 fully saturated rings. The van der Waals surface area contributed by atoms with Gasteiger partial charge in [0.25, 0.3) is 0 Å². The van der Waals surface area contributed by atoms with E-state index < -0.39 is 5.60 Å². The molecule has 0 atom stereocenters. The maximum Gasteiger partial charge on any atom is 0.338 e. The van der Waals surface area contributed by atoms with Crippen LogP contribution in [-0.2, 0) is 11.2 Å². The van der Waals surface area contributed by atoms with Crippen molar-refractivity contribution >= 4 is 21.9 Å². The molecule has 0 aromatic heterocycles. The second kappa shape index (κ2) is 5.48. The van der Waals surface area contributed by atoms with Gasteiger partial charge in [0.05, 0.1) is 5.56 Å². The molecule has 0 aliphatic heterocycles. The monoisotopic (exact) mass is 284 g/mol. The second-order valence-electron chi connectivity index (χ2n) is 4.60. The van der Waals surface area contributed by atoms with Crippen molar-refractivity contribution in [3.05, 3.63) is 35.4 Å². The molecule has 1 rings (SSSR count). The molecule has 0 radical (unpaired) electrons. The number of benzene rings is 1. The number of aryl methyl sites for hydroxylation is 1. The zero-order valence-corrected chi connectivity index (χ0v) is 11.5. The molecule has 0 heterocycles. The molecule has 0 amide bonds. The van der Waals surface area contributed by atoms with E-state index >= 15 is 0 Å². The van der Waals surface area contributed by atoms with Gasteiger partial charge in [-0.25, -0.2) is 4.79 Å². The van der Waals surface area contributed by atoms with Crippen LogP contribution in [0.25, 0.3) is 0 Å². The topological polar surface area (TPSA) is 26.3 Å². The second-order valence-corrected chi connectivity index (χ2v) is 5.39. The maximum atomic E-state index is 11.9. The van der Waals surface area contributed by atoms with Gasteiger partial charge in [-0.15, -0.1) is 0 Å². The third-order valence-corrected chi connectivity index (χ3v) is 2.40. The van der Waals surface area contributed by atoms with Gasteiger partial charge in [-0.3, -0.25) is 0 Å². The smallest absolute Gasteiger partial charge is 0.338 e. The Morgan fingerprint density at radius 3 is 2.50 bits per heavy atom. The lowest BCUT2D eigenvalue weighted by Gasteiger charge is -2.20. The summed E-state index contributed by atoms with van der Waals surface area (Å²) in [7, 11) is 0. The zero-order chi connectivity index (χ0) is 12.2. The van der Waals surface area contributed by atoms with Gasteiger partial charge in [0.1, 0.15) is 5.60 Å². The Bertz CT molecular complexity index is 366. The predicted molar refractivity (Wildman–Crippen MR) is 69.1 cm³/mol. The van der Waals surface area contributed by atoms with E-state index in [1.165, 1.54) is 0 Å². The van der Waals surface area contributed by atoms with Crippen molar-refractivity contribution < 1.29 is 9.53 Å². The summed E-state index contributed by atoms with van der Waals surface area (Å²) < 4.78 is 5.36. The summed E-state index contributed by atoms with van der Waals surface area (Å²) >= 11 is 3.38. The minimum absolute atomic E-state index is 0.246. The SMILES string of the molecule is CC(C)(C)OC(=O)c1ccccc1CCBr. The summed E-state index contributed by atoms with van der Waals surface area (Å²) in [4.78, 5) is 11.9. The Hall–Kier alpha value is -0.830. The van der Waals surface area contributed by atoms with Crippen molar-refractivity contribution in [2.24, 2.45) is 0 Å². The first-order chi connectivity index (χ1) is 7.44. The Labute approximate surface area is 105 Å². The molecule has 0 saturated heterocycles. The van der Waals surface area contributed by atoms with Crippen molar-refractivity contribution in [2.75, 3.05) is 5.33 Å². The molecule has 3 heteroatoms. The van der Waals surface area contributed by atoms with Crippen LogP contribution in [-0.4, -0.2) is 16.9 Å². The highest BCUT2D eigenvalue weighted by Crippen LogP contribution is 2.16. The Balaban J connectivity index is 2.90. The average Bonchev–Trinajstić information content (AvgIpc) is 2.16. The normalized spacial score (nSPS) is 11.2. The van der Waals surface area contributed by atoms with Gasteiger partial charge in [-0.05, 0) is 38.8 Å². The summed E-state index contributed by atoms with van der Waals surface area (Å²) in [6.07, 6.45) is 0.829. The summed E-state index contributed by atoms with van der Waals surface area (Å²) in [6.45, 7) is 5.62. The predicted octanol–water partition coefficient (Wildman–Crippen LogP) is 3.58. The minimum atomic E-state index is -0.446. The van der Waals surface area contributed by atoms with Crippen molar-refractivity contribution in [3.63, 3.8) is 0 Å². The highest BCUT2D eigenvalue weighted by atomic mass is 79.9. The first-order valence-corrected chi connectivity index (χ1v) is 6.43. The van der Waals surface area contributed by atoms with Gasteiger partial charge in [0.15, 0.2) is 0 Å². The number of ether oxygens (including phenoxy) is 1. The number of carbonyl (C=O) groups excluding carboxylic acids is 1. The van der Waals surface area contributed by atoms with Crippen LogP contribution in [0.3, 0.4) is 0 Å². The molecule has 1 aromatic rings. The third kappa shape index (κ3) is 3.97. The summed E-state index contributed by atoms with van der Waals surface area (Å²) in [5.41, 5.74) is 1.24. The fraction of sp³-hybridized carbons (Fsp3) is 0.462. The molecule has 0 bridgehead atoms. The van der Waals surface area contributed by atoms with Crippen molar-refractivity contribution in [3.8, 4) is 0 Å². The molecule has 2 nitrogen and oxygen atoms in total. The van der Waals surface area contributed by atoms with E-state index in [-0.39, 0.29) is 5.97 Å². The molecular formula is C13H17BrO2. The summed E-state index contributed by atoms with van der Waals surface area (Å²) in [6, 6.07) is 7.56. The molecule has 0 unspecified atom stereocenters. The lowest BCUT2D eigenvalue weighted by molar-refractivity contribution is 0.00684. The van der Waals surface area contributed by atoms with E-state index in [0.29, 0.717) is 5.56 Å². The average molecular weight is 285 g/mol. The number of hydrogen-bond donors (Lipinski definition) is 0. The van der Waals surface area contributed by atoms with Crippen molar-refractivity contribution in [2.45, 2.75) is 32.8 Å². The summed E-state index contributed by atoms with van der Waals surface area (Å²) in [5, 5.41) is 0.840. The van der Waals surface area contributed by atoms with E-state index in [0.717, 1.165) is 17.3 Å². The molecule has 1 aromatic carbocycles. The fourth-order valence-electron chi connectivity index (χ4n) is 1.37. The third-order valence-electron chi connectivity index (χ3n) is 2.00. The van der Waals surface area contributed by atoms with Gasteiger partial charge in [-0.2, -0.15) is 0 Å². The molecule has 0 aliphatic carbocycles. The fourth-order valence-corrected chi connectivity index (χ4v) is 1.80. The zero-order valence-electron chi connectivity index (χ0n) is 9.92. The number of hydrogen-bond acceptors (Lipinski definition) is 2.